The second kappa shape index (κ2) is 9.17. The van der Waals surface area contributed by atoms with Crippen molar-refractivity contribution in [3.63, 3.8) is 0 Å². The number of hydrogen-bond donors (Lipinski definition) is 3. The van der Waals surface area contributed by atoms with E-state index in [0.717, 1.165) is 10.0 Å². The third-order valence-corrected chi connectivity index (χ3v) is 4.52. The van der Waals surface area contributed by atoms with E-state index in [1.807, 2.05) is 36.4 Å². The summed E-state index contributed by atoms with van der Waals surface area (Å²) in [5, 5.41) is 22.7. The lowest BCUT2D eigenvalue weighted by Crippen LogP contribution is -2.35. The lowest BCUT2D eigenvalue weighted by Gasteiger charge is -2.20. The lowest BCUT2D eigenvalue weighted by molar-refractivity contribution is 0.0179. The summed E-state index contributed by atoms with van der Waals surface area (Å²) in [6.45, 7) is 0.0102. The Morgan fingerprint density at radius 1 is 1.12 bits per heavy atom. The molecule has 0 radical (unpaired) electrons. The van der Waals surface area contributed by atoms with Crippen molar-refractivity contribution in [3.05, 3.63) is 68.6 Å². The lowest BCUT2D eigenvalue weighted by atomic mass is 10.0. The van der Waals surface area contributed by atoms with Gasteiger partial charge in [-0.25, -0.2) is 4.79 Å². The Morgan fingerprint density at radius 2 is 1.83 bits per heavy atom. The van der Waals surface area contributed by atoms with E-state index in [0.29, 0.717) is 10.0 Å². The van der Waals surface area contributed by atoms with Gasteiger partial charge in [-0.2, -0.15) is 0 Å². The third-order valence-electron chi connectivity index (χ3n) is 3.31. The first-order chi connectivity index (χ1) is 11.5. The zero-order chi connectivity index (χ0) is 17.5. The number of benzene rings is 2. The molecule has 0 fully saturated rings. The quantitative estimate of drug-likeness (QED) is 0.618. The van der Waals surface area contributed by atoms with Crippen LogP contribution in [0, 0.1) is 0 Å². The highest BCUT2D eigenvalue weighted by Crippen LogP contribution is 2.28. The largest absolute Gasteiger partial charge is 0.445 e. The minimum atomic E-state index is -1.17. The second-order valence-corrected chi connectivity index (χ2v) is 6.89. The molecule has 3 N–H and O–H groups in total. The van der Waals surface area contributed by atoms with Crippen molar-refractivity contribution in [1.82, 2.24) is 5.32 Å². The van der Waals surface area contributed by atoms with Crippen LogP contribution < -0.4 is 5.32 Å². The predicted octanol–water partition coefficient (Wildman–Crippen LogP) is 3.53. The van der Waals surface area contributed by atoms with Gasteiger partial charge in [0.1, 0.15) is 18.8 Å². The highest BCUT2D eigenvalue weighted by molar-refractivity contribution is 9.11. The molecule has 7 heteroatoms. The molecule has 2 unspecified atom stereocenters. The van der Waals surface area contributed by atoms with Gasteiger partial charge in [0.2, 0.25) is 0 Å². The molecular weight excluding hydrogens is 442 g/mol. The highest BCUT2D eigenvalue weighted by atomic mass is 79.9. The van der Waals surface area contributed by atoms with Crippen molar-refractivity contribution in [1.29, 1.82) is 0 Å². The molecule has 2 aromatic rings. The summed E-state index contributed by atoms with van der Waals surface area (Å²) in [6, 6.07) is 14.5. The summed E-state index contributed by atoms with van der Waals surface area (Å²) in [5.41, 5.74) is 1.39. The number of aliphatic hydroxyl groups excluding tert-OH is 2. The van der Waals surface area contributed by atoms with Crippen LogP contribution in [0.2, 0.25) is 0 Å². The normalized spacial score (nSPS) is 13.2. The zero-order valence-corrected chi connectivity index (χ0v) is 15.8. The first-order valence-electron chi connectivity index (χ1n) is 7.23. The first-order valence-corrected chi connectivity index (χ1v) is 8.81. The molecule has 5 nitrogen and oxygen atoms in total. The van der Waals surface area contributed by atoms with Gasteiger partial charge < -0.3 is 20.3 Å². The maximum absolute atomic E-state index is 11.7. The van der Waals surface area contributed by atoms with Crippen molar-refractivity contribution in [2.24, 2.45) is 0 Å². The highest BCUT2D eigenvalue weighted by Gasteiger charge is 2.21. The van der Waals surface area contributed by atoms with E-state index in [1.165, 1.54) is 0 Å². The first kappa shape index (κ1) is 18.9. The average Bonchev–Trinajstić information content (AvgIpc) is 2.60. The van der Waals surface area contributed by atoms with Crippen molar-refractivity contribution in [2.75, 3.05) is 6.54 Å². The molecule has 0 saturated carbocycles. The van der Waals surface area contributed by atoms with Gasteiger partial charge in [0.15, 0.2) is 0 Å². The van der Waals surface area contributed by atoms with Crippen LogP contribution in [0.15, 0.2) is 57.5 Å². The smallest absolute Gasteiger partial charge is 0.407 e. The number of carbonyl (C=O) groups is 1. The monoisotopic (exact) mass is 457 g/mol. The van der Waals surface area contributed by atoms with Crippen LogP contribution in [0.5, 0.6) is 0 Å². The molecule has 0 aliphatic heterocycles. The molecule has 0 bridgehead atoms. The molecule has 2 atom stereocenters. The van der Waals surface area contributed by atoms with Crippen LogP contribution in [0.1, 0.15) is 17.2 Å². The van der Waals surface area contributed by atoms with Gasteiger partial charge in [-0.1, -0.05) is 62.2 Å². The van der Waals surface area contributed by atoms with Gasteiger partial charge in [0, 0.05) is 15.5 Å². The van der Waals surface area contributed by atoms with E-state index < -0.39 is 18.3 Å². The molecule has 2 aromatic carbocycles. The standard InChI is InChI=1S/C17H17Br2NO4/c18-12-6-7-14(19)13(8-12)16(22)15(21)9-20-17(23)24-10-11-4-2-1-3-5-11/h1-8,15-16,21-22H,9-10H2,(H,20,23). The van der Waals surface area contributed by atoms with E-state index in [-0.39, 0.29) is 13.2 Å². The SMILES string of the molecule is O=C(NCC(O)C(O)c1cc(Br)ccc1Br)OCc1ccccc1. The fourth-order valence-corrected chi connectivity index (χ4v) is 2.88. The molecule has 0 heterocycles. The predicted molar refractivity (Wildman–Crippen MR) is 97.4 cm³/mol. The van der Waals surface area contributed by atoms with Crippen molar-refractivity contribution < 1.29 is 19.7 Å². The number of amides is 1. The number of hydrogen-bond acceptors (Lipinski definition) is 4. The van der Waals surface area contributed by atoms with Crippen LogP contribution in [0.3, 0.4) is 0 Å². The molecule has 1 amide bonds. The maximum Gasteiger partial charge on any atom is 0.407 e. The number of carbonyl (C=O) groups excluding carboxylic acids is 1. The third kappa shape index (κ3) is 5.59. The summed E-state index contributed by atoms with van der Waals surface area (Å²) in [7, 11) is 0. The Labute approximate surface area is 156 Å². The van der Waals surface area contributed by atoms with Crippen LogP contribution in [-0.2, 0) is 11.3 Å². The van der Waals surface area contributed by atoms with Crippen LogP contribution in [0.4, 0.5) is 4.79 Å². The van der Waals surface area contributed by atoms with Gasteiger partial charge >= 0.3 is 6.09 Å². The van der Waals surface area contributed by atoms with Crippen LogP contribution in [0.25, 0.3) is 0 Å². The number of aliphatic hydroxyl groups is 2. The van der Waals surface area contributed by atoms with Crippen molar-refractivity contribution >= 4 is 38.0 Å². The molecule has 0 aliphatic rings. The number of alkyl carbamates (subject to hydrolysis) is 1. The van der Waals surface area contributed by atoms with E-state index in [2.05, 4.69) is 37.2 Å². The van der Waals surface area contributed by atoms with Crippen molar-refractivity contribution in [3.8, 4) is 0 Å². The van der Waals surface area contributed by atoms with E-state index >= 15 is 0 Å². The van der Waals surface area contributed by atoms with Gasteiger partial charge in [-0.15, -0.1) is 0 Å². The molecule has 0 saturated heterocycles. The molecule has 0 aliphatic carbocycles. The number of ether oxygens (including phenoxy) is 1. The fraction of sp³-hybridized carbons (Fsp3) is 0.235. The number of rotatable bonds is 6. The minimum absolute atomic E-state index is 0.131. The van der Waals surface area contributed by atoms with Gasteiger partial charge in [0.05, 0.1) is 0 Å². The van der Waals surface area contributed by atoms with E-state index in [4.69, 9.17) is 4.74 Å². The average molecular weight is 459 g/mol. The summed E-state index contributed by atoms with van der Waals surface area (Å²) in [4.78, 5) is 11.7. The zero-order valence-electron chi connectivity index (χ0n) is 12.7. The van der Waals surface area contributed by atoms with Crippen molar-refractivity contribution in [2.45, 2.75) is 18.8 Å². The molecule has 0 spiro atoms. The Morgan fingerprint density at radius 3 is 2.54 bits per heavy atom. The maximum atomic E-state index is 11.7. The summed E-state index contributed by atoms with van der Waals surface area (Å²) in [6.07, 6.45) is -2.97. The number of halogens is 2. The van der Waals surface area contributed by atoms with E-state index in [1.54, 1.807) is 12.1 Å². The Balaban J connectivity index is 1.82. The van der Waals surface area contributed by atoms with E-state index in [9.17, 15) is 15.0 Å². The topological polar surface area (TPSA) is 78.8 Å². The fourth-order valence-electron chi connectivity index (χ4n) is 2.02. The molecule has 24 heavy (non-hydrogen) atoms. The number of nitrogens with one attached hydrogen (secondary N) is 1. The molecule has 0 aromatic heterocycles. The summed E-state index contributed by atoms with van der Waals surface area (Å²) < 4.78 is 6.50. The Bertz CT molecular complexity index is 682. The summed E-state index contributed by atoms with van der Waals surface area (Å²) >= 11 is 6.64. The second-order valence-electron chi connectivity index (χ2n) is 5.12. The summed E-state index contributed by atoms with van der Waals surface area (Å²) in [5.74, 6) is 0. The van der Waals surface area contributed by atoms with Gasteiger partial charge in [-0.05, 0) is 29.3 Å². The minimum Gasteiger partial charge on any atom is -0.445 e. The molecule has 2 rings (SSSR count). The molecule has 128 valence electrons. The van der Waals surface area contributed by atoms with Crippen LogP contribution >= 0.6 is 31.9 Å². The van der Waals surface area contributed by atoms with Gasteiger partial charge in [0.25, 0.3) is 0 Å². The van der Waals surface area contributed by atoms with Crippen LogP contribution in [-0.4, -0.2) is 29.0 Å². The molecular formula is C17H17Br2NO4. The van der Waals surface area contributed by atoms with Gasteiger partial charge in [-0.3, -0.25) is 0 Å². The Hall–Kier alpha value is -1.41. The Kier molecular flexibility index (Phi) is 7.23.